The van der Waals surface area contributed by atoms with Gasteiger partial charge in [0, 0.05) is 12.5 Å². The summed E-state index contributed by atoms with van der Waals surface area (Å²) in [5.74, 6) is 5.58. The molecule has 2 atom stereocenters. The molecule has 2 unspecified atom stereocenters. The van der Waals surface area contributed by atoms with Gasteiger partial charge in [-0.2, -0.15) is 13.2 Å². The minimum absolute atomic E-state index is 0.0716. The van der Waals surface area contributed by atoms with E-state index >= 15 is 0 Å². The summed E-state index contributed by atoms with van der Waals surface area (Å²) in [6.45, 7) is 4.07. The summed E-state index contributed by atoms with van der Waals surface area (Å²) >= 11 is 0. The van der Waals surface area contributed by atoms with E-state index in [2.05, 4.69) is 12.3 Å². The molecule has 0 aliphatic rings. The van der Waals surface area contributed by atoms with Crippen LogP contribution in [0.5, 0.6) is 0 Å². The number of alkyl halides is 3. The van der Waals surface area contributed by atoms with Crippen molar-refractivity contribution >= 4 is 0 Å². The molecule has 2 nitrogen and oxygen atoms in total. The molecule has 0 saturated heterocycles. The minimum atomic E-state index is -4.09. The van der Waals surface area contributed by atoms with Gasteiger partial charge in [0.1, 0.15) is 0 Å². The Balaban J connectivity index is 4.11. The monoisotopic (exact) mass is 240 g/mol. The van der Waals surface area contributed by atoms with Gasteiger partial charge in [0.25, 0.3) is 0 Å². The molecule has 0 aromatic carbocycles. The second kappa shape index (κ2) is 7.90. The summed E-state index contributed by atoms with van der Waals surface area (Å²) in [6, 6.07) is -0.224. The molecular weight excluding hydrogens is 217 g/mol. The Labute approximate surface area is 95.7 Å². The second-order valence-electron chi connectivity index (χ2n) is 4.24. The summed E-state index contributed by atoms with van der Waals surface area (Å²) in [5, 5.41) is 0. The molecule has 0 saturated carbocycles. The molecule has 0 radical (unpaired) electrons. The summed E-state index contributed by atoms with van der Waals surface area (Å²) in [4.78, 5) is 0. The molecule has 0 aromatic rings. The third-order valence-electron chi connectivity index (χ3n) is 2.97. The highest BCUT2D eigenvalue weighted by atomic mass is 19.4. The first-order valence-corrected chi connectivity index (χ1v) is 5.97. The van der Waals surface area contributed by atoms with Crippen LogP contribution in [0.25, 0.3) is 0 Å². The predicted molar refractivity (Wildman–Crippen MR) is 59.7 cm³/mol. The van der Waals surface area contributed by atoms with Crippen LogP contribution in [0.4, 0.5) is 13.2 Å². The predicted octanol–water partition coefficient (Wildman–Crippen LogP) is 3.38. The number of hydrazine groups is 1. The minimum Gasteiger partial charge on any atom is -0.271 e. The second-order valence-corrected chi connectivity index (χ2v) is 4.24. The van der Waals surface area contributed by atoms with Crippen molar-refractivity contribution < 1.29 is 13.2 Å². The van der Waals surface area contributed by atoms with Crippen molar-refractivity contribution in [3.63, 3.8) is 0 Å². The van der Waals surface area contributed by atoms with Gasteiger partial charge in [-0.25, -0.2) is 0 Å². The van der Waals surface area contributed by atoms with Gasteiger partial charge in [0.05, 0.1) is 0 Å². The highest BCUT2D eigenvalue weighted by molar-refractivity contribution is 4.74. The lowest BCUT2D eigenvalue weighted by atomic mass is 9.89. The average Bonchev–Trinajstić information content (AvgIpc) is 2.21. The zero-order chi connectivity index (χ0) is 12.6. The Kier molecular flexibility index (Phi) is 7.76. The van der Waals surface area contributed by atoms with Crippen molar-refractivity contribution in [2.45, 2.75) is 64.6 Å². The van der Waals surface area contributed by atoms with Gasteiger partial charge in [-0.3, -0.25) is 11.3 Å². The maximum Gasteiger partial charge on any atom is 0.389 e. The van der Waals surface area contributed by atoms with E-state index in [0.29, 0.717) is 0 Å². The zero-order valence-corrected chi connectivity index (χ0v) is 10.1. The van der Waals surface area contributed by atoms with Gasteiger partial charge in [-0.05, 0) is 18.8 Å². The molecule has 0 bridgehead atoms. The van der Waals surface area contributed by atoms with Gasteiger partial charge in [0.15, 0.2) is 0 Å². The van der Waals surface area contributed by atoms with Crippen LogP contribution in [-0.4, -0.2) is 12.2 Å². The maximum atomic E-state index is 12.1. The fraction of sp³-hybridized carbons (Fsp3) is 1.00. The van der Waals surface area contributed by atoms with E-state index in [9.17, 15) is 13.2 Å². The quantitative estimate of drug-likeness (QED) is 0.504. The Hall–Kier alpha value is -0.290. The van der Waals surface area contributed by atoms with Gasteiger partial charge < -0.3 is 0 Å². The van der Waals surface area contributed by atoms with Gasteiger partial charge >= 0.3 is 6.18 Å². The summed E-state index contributed by atoms with van der Waals surface area (Å²) in [6.07, 6.45) is -0.854. The first-order valence-electron chi connectivity index (χ1n) is 5.97. The van der Waals surface area contributed by atoms with Crippen LogP contribution in [0.1, 0.15) is 52.4 Å². The molecule has 0 aliphatic carbocycles. The molecule has 16 heavy (non-hydrogen) atoms. The molecule has 0 amide bonds. The van der Waals surface area contributed by atoms with Crippen LogP contribution in [-0.2, 0) is 0 Å². The number of nitrogens with one attached hydrogen (secondary N) is 1. The molecule has 0 heterocycles. The highest BCUT2D eigenvalue weighted by Gasteiger charge is 2.29. The third-order valence-corrected chi connectivity index (χ3v) is 2.97. The molecule has 3 N–H and O–H groups in total. The van der Waals surface area contributed by atoms with Crippen LogP contribution in [0.15, 0.2) is 0 Å². The first-order chi connectivity index (χ1) is 7.44. The normalized spacial score (nSPS) is 16.1. The summed E-state index contributed by atoms with van der Waals surface area (Å²) in [7, 11) is 0. The van der Waals surface area contributed by atoms with Crippen LogP contribution in [0.3, 0.4) is 0 Å². The molecule has 0 spiro atoms. The van der Waals surface area contributed by atoms with Crippen LogP contribution < -0.4 is 11.3 Å². The SMILES string of the molecule is CCCCC(CC)C(CCC(F)(F)F)NN. The van der Waals surface area contributed by atoms with E-state index in [-0.39, 0.29) is 18.4 Å². The number of halogens is 3. The van der Waals surface area contributed by atoms with Crippen molar-refractivity contribution in [1.29, 1.82) is 0 Å². The maximum absolute atomic E-state index is 12.1. The first kappa shape index (κ1) is 15.7. The van der Waals surface area contributed by atoms with Crippen molar-refractivity contribution in [2.24, 2.45) is 11.8 Å². The van der Waals surface area contributed by atoms with Crippen molar-refractivity contribution in [3.05, 3.63) is 0 Å². The molecule has 0 rings (SSSR count). The average molecular weight is 240 g/mol. The topological polar surface area (TPSA) is 38.0 Å². The van der Waals surface area contributed by atoms with E-state index in [0.717, 1.165) is 25.7 Å². The van der Waals surface area contributed by atoms with E-state index in [1.807, 2.05) is 6.92 Å². The van der Waals surface area contributed by atoms with Crippen LogP contribution in [0.2, 0.25) is 0 Å². The third kappa shape index (κ3) is 7.06. The fourth-order valence-electron chi connectivity index (χ4n) is 1.93. The standard InChI is InChI=1S/C11H23F3N2/c1-3-5-6-9(4-2)10(16-15)7-8-11(12,13)14/h9-10,16H,3-8,15H2,1-2H3. The molecule has 0 aromatic heterocycles. The van der Waals surface area contributed by atoms with E-state index in [1.165, 1.54) is 0 Å². The van der Waals surface area contributed by atoms with Crippen LogP contribution in [0, 0.1) is 5.92 Å². The largest absolute Gasteiger partial charge is 0.389 e. The molecule has 0 fully saturated rings. The van der Waals surface area contributed by atoms with Gasteiger partial charge in [-0.1, -0.05) is 33.1 Å². The fourth-order valence-corrected chi connectivity index (χ4v) is 1.93. The molecule has 98 valence electrons. The number of hydrogen-bond acceptors (Lipinski definition) is 2. The lowest BCUT2D eigenvalue weighted by Crippen LogP contribution is -2.41. The Morgan fingerprint density at radius 2 is 1.81 bits per heavy atom. The van der Waals surface area contributed by atoms with Crippen molar-refractivity contribution in [2.75, 3.05) is 0 Å². The van der Waals surface area contributed by atoms with E-state index in [1.54, 1.807) is 0 Å². The summed E-state index contributed by atoms with van der Waals surface area (Å²) < 4.78 is 36.3. The Bertz CT molecular complexity index is 171. The zero-order valence-electron chi connectivity index (χ0n) is 10.1. The summed E-state index contributed by atoms with van der Waals surface area (Å²) in [5.41, 5.74) is 2.53. The lowest BCUT2D eigenvalue weighted by Gasteiger charge is -2.26. The molecule has 5 heteroatoms. The lowest BCUT2D eigenvalue weighted by molar-refractivity contribution is -0.137. The van der Waals surface area contributed by atoms with Gasteiger partial charge in [0.2, 0.25) is 0 Å². The van der Waals surface area contributed by atoms with Crippen molar-refractivity contribution in [1.82, 2.24) is 5.43 Å². The van der Waals surface area contributed by atoms with Gasteiger partial charge in [-0.15, -0.1) is 0 Å². The Morgan fingerprint density at radius 1 is 1.19 bits per heavy atom. The number of hydrogen-bond donors (Lipinski definition) is 2. The van der Waals surface area contributed by atoms with Crippen LogP contribution >= 0.6 is 0 Å². The number of nitrogens with two attached hydrogens (primary N) is 1. The molecular formula is C11H23F3N2. The van der Waals surface area contributed by atoms with E-state index < -0.39 is 12.6 Å². The Morgan fingerprint density at radius 3 is 2.19 bits per heavy atom. The number of unbranched alkanes of at least 4 members (excludes halogenated alkanes) is 1. The van der Waals surface area contributed by atoms with Crippen molar-refractivity contribution in [3.8, 4) is 0 Å². The number of rotatable bonds is 8. The van der Waals surface area contributed by atoms with E-state index in [4.69, 9.17) is 5.84 Å². The molecule has 0 aliphatic heterocycles. The highest BCUT2D eigenvalue weighted by Crippen LogP contribution is 2.26. The smallest absolute Gasteiger partial charge is 0.271 e.